The lowest BCUT2D eigenvalue weighted by Crippen LogP contribution is -2.67. The lowest BCUT2D eigenvalue weighted by Gasteiger charge is -2.44. The number of aliphatic hydroxyl groups is 1. The van der Waals surface area contributed by atoms with Crippen LogP contribution < -0.4 is 10.4 Å². The number of hydrogen-bond donors (Lipinski definition) is 1. The SMILES string of the molecule is C=C[C@@]1(O)[C@@H]2OC(C)(C)O[C@@H]2O[C@@H]1CO[Si](c1ccccc1)(c1ccccc1)C(C)(C)C. The first-order valence-corrected chi connectivity index (χ1v) is 13.1. The summed E-state index contributed by atoms with van der Waals surface area (Å²) in [6, 6.07) is 20.8. The van der Waals surface area contributed by atoms with Gasteiger partial charge in [-0.2, -0.15) is 0 Å². The van der Waals surface area contributed by atoms with Crippen LogP contribution in [-0.2, 0) is 18.6 Å². The Morgan fingerprint density at radius 3 is 2.00 bits per heavy atom. The molecule has 2 aromatic carbocycles. The van der Waals surface area contributed by atoms with Crippen LogP contribution in [0, 0.1) is 0 Å². The molecule has 4 atom stereocenters. The molecule has 0 bridgehead atoms. The van der Waals surface area contributed by atoms with E-state index in [1.54, 1.807) is 0 Å². The fourth-order valence-corrected chi connectivity index (χ4v) is 9.54. The third-order valence-electron chi connectivity index (χ3n) is 6.52. The van der Waals surface area contributed by atoms with Crippen molar-refractivity contribution in [3.05, 3.63) is 73.3 Å². The van der Waals surface area contributed by atoms with Gasteiger partial charge < -0.3 is 23.7 Å². The van der Waals surface area contributed by atoms with Crippen molar-refractivity contribution in [2.45, 2.75) is 69.5 Å². The zero-order valence-electron chi connectivity index (χ0n) is 19.6. The summed E-state index contributed by atoms with van der Waals surface area (Å²) in [5.74, 6) is -0.823. The smallest absolute Gasteiger partial charge is 0.261 e. The number of fused-ring (bicyclic) bond motifs is 1. The van der Waals surface area contributed by atoms with Crippen LogP contribution in [0.4, 0.5) is 0 Å². The van der Waals surface area contributed by atoms with E-state index in [0.717, 1.165) is 0 Å². The van der Waals surface area contributed by atoms with E-state index in [4.69, 9.17) is 18.6 Å². The molecule has 0 amide bonds. The number of hydrogen-bond acceptors (Lipinski definition) is 5. The lowest BCUT2D eigenvalue weighted by molar-refractivity contribution is -0.226. The first-order valence-electron chi connectivity index (χ1n) is 11.2. The summed E-state index contributed by atoms with van der Waals surface area (Å²) in [4.78, 5) is 0. The van der Waals surface area contributed by atoms with Gasteiger partial charge in [0.1, 0.15) is 17.8 Å². The Morgan fingerprint density at radius 2 is 1.53 bits per heavy atom. The van der Waals surface area contributed by atoms with E-state index >= 15 is 0 Å². The van der Waals surface area contributed by atoms with Crippen molar-refractivity contribution in [3.8, 4) is 0 Å². The Morgan fingerprint density at radius 1 is 1.00 bits per heavy atom. The van der Waals surface area contributed by atoms with Crippen LogP contribution in [0.25, 0.3) is 0 Å². The largest absolute Gasteiger partial charge is 0.405 e. The Bertz CT molecular complexity index is 900. The molecule has 6 heteroatoms. The van der Waals surface area contributed by atoms with E-state index in [1.807, 2.05) is 26.0 Å². The Hall–Kier alpha value is -1.80. The molecule has 0 spiro atoms. The second-order valence-corrected chi connectivity index (χ2v) is 14.4. The van der Waals surface area contributed by atoms with E-state index in [9.17, 15) is 5.11 Å². The number of rotatable bonds is 6. The highest BCUT2D eigenvalue weighted by Crippen LogP contribution is 2.44. The van der Waals surface area contributed by atoms with Gasteiger partial charge in [0.05, 0.1) is 6.61 Å². The Balaban J connectivity index is 1.71. The zero-order valence-corrected chi connectivity index (χ0v) is 20.6. The van der Waals surface area contributed by atoms with E-state index in [-0.39, 0.29) is 11.6 Å². The molecule has 2 aliphatic heterocycles. The van der Waals surface area contributed by atoms with Crippen molar-refractivity contribution in [3.63, 3.8) is 0 Å². The van der Waals surface area contributed by atoms with Gasteiger partial charge in [-0.1, -0.05) is 87.5 Å². The van der Waals surface area contributed by atoms with Gasteiger partial charge in [0.15, 0.2) is 12.1 Å². The van der Waals surface area contributed by atoms with Crippen molar-refractivity contribution in [1.82, 2.24) is 0 Å². The molecule has 172 valence electrons. The molecule has 4 rings (SSSR count). The monoisotopic (exact) mass is 454 g/mol. The summed E-state index contributed by atoms with van der Waals surface area (Å²) in [6.07, 6.45) is -0.474. The average Bonchev–Trinajstić information content (AvgIpc) is 3.19. The van der Waals surface area contributed by atoms with E-state index in [2.05, 4.69) is 75.9 Å². The topological polar surface area (TPSA) is 57.2 Å². The predicted molar refractivity (Wildman–Crippen MR) is 127 cm³/mol. The van der Waals surface area contributed by atoms with Crippen molar-refractivity contribution in [2.75, 3.05) is 6.61 Å². The van der Waals surface area contributed by atoms with Crippen molar-refractivity contribution < 1.29 is 23.7 Å². The summed E-state index contributed by atoms with van der Waals surface area (Å²) < 4.78 is 24.9. The van der Waals surface area contributed by atoms with Gasteiger partial charge >= 0.3 is 0 Å². The maximum Gasteiger partial charge on any atom is 0.261 e. The first kappa shape index (κ1) is 23.4. The molecule has 5 nitrogen and oxygen atoms in total. The standard InChI is InChI=1S/C26H34O5Si/c1-7-26(27)21(29-23-22(26)30-25(5,6)31-23)18-28-32(24(2,3)4,19-14-10-8-11-15-19)20-16-12-9-13-17-20/h7-17,21-23,27H,1,18H2,2-6H3/t21-,22-,23+,26+/m1/s1. The van der Waals surface area contributed by atoms with Gasteiger partial charge in [-0.15, -0.1) is 6.58 Å². The molecule has 0 aromatic heterocycles. The van der Waals surface area contributed by atoms with Gasteiger partial charge in [-0.3, -0.25) is 0 Å². The molecule has 2 heterocycles. The zero-order chi connectivity index (χ0) is 23.2. The quantitative estimate of drug-likeness (QED) is 0.536. The highest BCUT2D eigenvalue weighted by Gasteiger charge is 2.62. The molecule has 2 aromatic rings. The predicted octanol–water partition coefficient (Wildman–Crippen LogP) is 3.36. The minimum atomic E-state index is -2.76. The van der Waals surface area contributed by atoms with Crippen LogP contribution >= 0.6 is 0 Å². The molecule has 0 aliphatic carbocycles. The average molecular weight is 455 g/mol. The first-order chi connectivity index (χ1) is 15.0. The third-order valence-corrected chi connectivity index (χ3v) is 11.5. The minimum Gasteiger partial charge on any atom is -0.405 e. The van der Waals surface area contributed by atoms with Crippen LogP contribution in [0.3, 0.4) is 0 Å². The highest BCUT2D eigenvalue weighted by molar-refractivity contribution is 6.99. The lowest BCUT2D eigenvalue weighted by atomic mass is 9.93. The number of ether oxygens (including phenoxy) is 3. The van der Waals surface area contributed by atoms with Crippen LogP contribution in [-0.4, -0.2) is 49.9 Å². The van der Waals surface area contributed by atoms with E-state index < -0.39 is 38.2 Å². The summed E-state index contributed by atoms with van der Waals surface area (Å²) in [7, 11) is -2.76. The molecule has 0 saturated carbocycles. The Kier molecular flexibility index (Phi) is 5.99. The Labute approximate surface area is 192 Å². The summed E-state index contributed by atoms with van der Waals surface area (Å²) in [6.45, 7) is 14.3. The van der Waals surface area contributed by atoms with Crippen LogP contribution in [0.1, 0.15) is 34.6 Å². The number of benzene rings is 2. The molecule has 32 heavy (non-hydrogen) atoms. The van der Waals surface area contributed by atoms with Crippen molar-refractivity contribution in [1.29, 1.82) is 0 Å². The van der Waals surface area contributed by atoms with E-state index in [1.165, 1.54) is 16.4 Å². The molecule has 1 N–H and O–H groups in total. The van der Waals surface area contributed by atoms with Crippen LogP contribution in [0.15, 0.2) is 73.3 Å². The second-order valence-electron chi connectivity index (χ2n) is 10.1. The molecule has 2 saturated heterocycles. The molecular weight excluding hydrogens is 420 g/mol. The van der Waals surface area contributed by atoms with Gasteiger partial charge in [0.2, 0.25) is 0 Å². The minimum absolute atomic E-state index is 0.175. The van der Waals surface area contributed by atoms with E-state index in [0.29, 0.717) is 0 Å². The van der Waals surface area contributed by atoms with Crippen LogP contribution in [0.2, 0.25) is 5.04 Å². The molecule has 0 radical (unpaired) electrons. The van der Waals surface area contributed by atoms with Crippen molar-refractivity contribution in [2.24, 2.45) is 0 Å². The van der Waals surface area contributed by atoms with Crippen LogP contribution in [0.5, 0.6) is 0 Å². The van der Waals surface area contributed by atoms with Gasteiger partial charge in [0, 0.05) is 0 Å². The summed E-state index contributed by atoms with van der Waals surface area (Å²) in [5, 5.41) is 13.7. The second kappa shape index (κ2) is 8.20. The van der Waals surface area contributed by atoms with Gasteiger partial charge in [-0.25, -0.2) is 0 Å². The molecule has 2 fully saturated rings. The van der Waals surface area contributed by atoms with Gasteiger partial charge in [0.25, 0.3) is 8.32 Å². The molecule has 2 aliphatic rings. The normalized spacial score (nSPS) is 29.6. The third kappa shape index (κ3) is 3.79. The fraction of sp³-hybridized carbons (Fsp3) is 0.462. The summed E-state index contributed by atoms with van der Waals surface area (Å²) >= 11 is 0. The summed E-state index contributed by atoms with van der Waals surface area (Å²) in [5.41, 5.74) is -1.41. The molecule has 0 unspecified atom stereocenters. The van der Waals surface area contributed by atoms with Gasteiger partial charge in [-0.05, 0) is 29.3 Å². The highest BCUT2D eigenvalue weighted by atomic mass is 28.4. The maximum atomic E-state index is 11.5. The molecular formula is C26H34O5Si. The maximum absolute atomic E-state index is 11.5. The van der Waals surface area contributed by atoms with Crippen molar-refractivity contribution >= 4 is 18.7 Å². The fourth-order valence-electron chi connectivity index (χ4n) is 4.98.